The molecule has 0 spiro atoms. The van der Waals surface area contributed by atoms with Crippen molar-refractivity contribution in [3.8, 4) is 0 Å². The second-order valence-electron chi connectivity index (χ2n) is 4.47. The molecule has 1 aliphatic rings. The van der Waals surface area contributed by atoms with Crippen LogP contribution < -0.4 is 5.32 Å². The highest BCUT2D eigenvalue weighted by atomic mass is 19.1. The zero-order valence-electron chi connectivity index (χ0n) is 9.29. The first-order chi connectivity index (χ1) is 8.24. The highest BCUT2D eigenvalue weighted by molar-refractivity contribution is 6.08. The number of Topliss-reactive ketones (excluding diaryl/α,β-unsaturated/α-hetero) is 1. The van der Waals surface area contributed by atoms with Gasteiger partial charge in [-0.3, -0.25) is 4.79 Å². The van der Waals surface area contributed by atoms with E-state index in [2.05, 4.69) is 10.3 Å². The molecule has 0 bridgehead atoms. The molecular weight excluding hydrogens is 219 g/mol. The van der Waals surface area contributed by atoms with Crippen molar-refractivity contribution in [3.05, 3.63) is 35.8 Å². The molecule has 1 heterocycles. The summed E-state index contributed by atoms with van der Waals surface area (Å²) in [6.45, 7) is 0.356. The monoisotopic (exact) mass is 232 g/mol. The predicted octanol–water partition coefficient (Wildman–Crippen LogP) is 2.24. The normalized spacial score (nSPS) is 15.4. The summed E-state index contributed by atoms with van der Waals surface area (Å²) in [6, 6.07) is 4.94. The first-order valence-corrected chi connectivity index (χ1v) is 5.77. The summed E-state index contributed by atoms with van der Waals surface area (Å²) in [7, 11) is 0. The Kier molecular flexibility index (Phi) is 2.44. The molecule has 3 nitrogen and oxygen atoms in total. The molecule has 17 heavy (non-hydrogen) atoms. The van der Waals surface area contributed by atoms with Crippen molar-refractivity contribution < 1.29 is 9.18 Å². The molecule has 2 aromatic rings. The Hall–Kier alpha value is -1.68. The molecule has 0 saturated heterocycles. The topological polar surface area (TPSA) is 44.9 Å². The Bertz CT molecular complexity index is 572. The summed E-state index contributed by atoms with van der Waals surface area (Å²) in [5.74, 6) is -0.246. The van der Waals surface area contributed by atoms with E-state index in [-0.39, 0.29) is 11.6 Å². The molecule has 1 saturated carbocycles. The average Bonchev–Trinajstić information content (AvgIpc) is 3.05. The lowest BCUT2D eigenvalue weighted by atomic mass is 10.1. The Morgan fingerprint density at radius 3 is 3.06 bits per heavy atom. The number of benzene rings is 1. The van der Waals surface area contributed by atoms with E-state index in [0.29, 0.717) is 23.7 Å². The third-order valence-electron chi connectivity index (χ3n) is 3.07. The zero-order chi connectivity index (χ0) is 11.8. The molecular formula is C13H13FN2O. The van der Waals surface area contributed by atoms with Crippen LogP contribution in [0.3, 0.4) is 0 Å². The van der Waals surface area contributed by atoms with Crippen LogP contribution in [0.15, 0.2) is 24.4 Å². The lowest BCUT2D eigenvalue weighted by Crippen LogP contribution is -2.24. The van der Waals surface area contributed by atoms with E-state index in [1.165, 1.54) is 12.1 Å². The summed E-state index contributed by atoms with van der Waals surface area (Å²) in [5, 5.41) is 3.97. The predicted molar refractivity (Wildman–Crippen MR) is 63.6 cm³/mol. The summed E-state index contributed by atoms with van der Waals surface area (Å²) in [6.07, 6.45) is 3.97. The van der Waals surface area contributed by atoms with E-state index < -0.39 is 0 Å². The number of aromatic nitrogens is 1. The van der Waals surface area contributed by atoms with Gasteiger partial charge in [-0.2, -0.15) is 0 Å². The van der Waals surface area contributed by atoms with Crippen LogP contribution in [0.1, 0.15) is 23.2 Å². The summed E-state index contributed by atoms with van der Waals surface area (Å²) in [4.78, 5) is 14.9. The molecule has 1 aromatic carbocycles. The molecule has 0 unspecified atom stereocenters. The van der Waals surface area contributed by atoms with Gasteiger partial charge in [0.2, 0.25) is 0 Å². The number of H-pyrrole nitrogens is 1. The SMILES string of the molecule is O=C(CNC1CC1)c1c[nH]c2cc(F)ccc12. The average molecular weight is 232 g/mol. The third-order valence-corrected chi connectivity index (χ3v) is 3.07. The van der Waals surface area contributed by atoms with Crippen molar-refractivity contribution >= 4 is 16.7 Å². The molecule has 1 fully saturated rings. The van der Waals surface area contributed by atoms with Gasteiger partial charge in [0, 0.05) is 28.7 Å². The fraction of sp³-hybridized carbons (Fsp3) is 0.308. The standard InChI is InChI=1S/C13H13FN2O/c14-8-1-4-10-11(6-16-12(10)5-8)13(17)7-15-9-2-3-9/h1,4-6,9,15-16H,2-3,7H2. The Balaban J connectivity index is 1.85. The highest BCUT2D eigenvalue weighted by Crippen LogP contribution is 2.21. The van der Waals surface area contributed by atoms with E-state index >= 15 is 0 Å². The van der Waals surface area contributed by atoms with Crippen LogP contribution in [-0.4, -0.2) is 23.4 Å². The summed E-state index contributed by atoms with van der Waals surface area (Å²) < 4.78 is 13.0. The minimum Gasteiger partial charge on any atom is -0.360 e. The van der Waals surface area contributed by atoms with Crippen molar-refractivity contribution in [1.82, 2.24) is 10.3 Å². The van der Waals surface area contributed by atoms with Crippen molar-refractivity contribution in [2.45, 2.75) is 18.9 Å². The van der Waals surface area contributed by atoms with Crippen LogP contribution in [0, 0.1) is 5.82 Å². The molecule has 0 atom stereocenters. The second-order valence-corrected chi connectivity index (χ2v) is 4.47. The fourth-order valence-corrected chi connectivity index (χ4v) is 1.95. The van der Waals surface area contributed by atoms with Gasteiger partial charge in [0.1, 0.15) is 5.82 Å². The molecule has 0 radical (unpaired) electrons. The lowest BCUT2D eigenvalue weighted by molar-refractivity contribution is 0.0992. The molecule has 2 N–H and O–H groups in total. The van der Waals surface area contributed by atoms with Crippen LogP contribution in [0.25, 0.3) is 10.9 Å². The van der Waals surface area contributed by atoms with Crippen molar-refractivity contribution in [2.24, 2.45) is 0 Å². The van der Waals surface area contributed by atoms with Gasteiger partial charge in [0.05, 0.1) is 6.54 Å². The first kappa shape index (κ1) is 10.5. The van der Waals surface area contributed by atoms with E-state index in [1.807, 2.05) is 0 Å². The maximum absolute atomic E-state index is 13.0. The number of ketones is 1. The van der Waals surface area contributed by atoms with Gasteiger partial charge < -0.3 is 10.3 Å². The number of nitrogens with one attached hydrogen (secondary N) is 2. The van der Waals surface area contributed by atoms with Crippen LogP contribution in [0.2, 0.25) is 0 Å². The molecule has 88 valence electrons. The minimum absolute atomic E-state index is 0.0507. The fourth-order valence-electron chi connectivity index (χ4n) is 1.95. The number of hydrogen-bond donors (Lipinski definition) is 2. The molecule has 1 aliphatic carbocycles. The van der Waals surface area contributed by atoms with E-state index in [4.69, 9.17) is 0 Å². The van der Waals surface area contributed by atoms with Crippen LogP contribution >= 0.6 is 0 Å². The molecule has 4 heteroatoms. The Morgan fingerprint density at radius 1 is 1.47 bits per heavy atom. The maximum atomic E-state index is 13.0. The quantitative estimate of drug-likeness (QED) is 0.794. The Morgan fingerprint density at radius 2 is 2.29 bits per heavy atom. The Labute approximate surface area is 98.0 Å². The summed E-state index contributed by atoms with van der Waals surface area (Å²) >= 11 is 0. The number of rotatable bonds is 4. The molecule has 0 aliphatic heterocycles. The highest BCUT2D eigenvalue weighted by Gasteiger charge is 2.22. The number of fused-ring (bicyclic) bond motifs is 1. The van der Waals surface area contributed by atoms with Gasteiger partial charge in [-0.05, 0) is 31.0 Å². The molecule has 1 aromatic heterocycles. The van der Waals surface area contributed by atoms with Gasteiger partial charge >= 0.3 is 0 Å². The molecule has 3 rings (SSSR count). The number of carbonyl (C=O) groups excluding carboxylic acids is 1. The van der Waals surface area contributed by atoms with E-state index in [0.717, 1.165) is 18.2 Å². The van der Waals surface area contributed by atoms with Crippen molar-refractivity contribution in [3.63, 3.8) is 0 Å². The summed E-state index contributed by atoms with van der Waals surface area (Å²) in [5.41, 5.74) is 1.30. The second kappa shape index (κ2) is 3.96. The number of halogens is 1. The third kappa shape index (κ3) is 2.08. The number of hydrogen-bond acceptors (Lipinski definition) is 2. The van der Waals surface area contributed by atoms with Crippen LogP contribution in [0.5, 0.6) is 0 Å². The van der Waals surface area contributed by atoms with Crippen molar-refractivity contribution in [1.29, 1.82) is 0 Å². The zero-order valence-corrected chi connectivity index (χ0v) is 9.29. The van der Waals surface area contributed by atoms with Crippen LogP contribution in [-0.2, 0) is 0 Å². The maximum Gasteiger partial charge on any atom is 0.178 e. The van der Waals surface area contributed by atoms with Gasteiger partial charge in [-0.25, -0.2) is 4.39 Å². The van der Waals surface area contributed by atoms with E-state index in [1.54, 1.807) is 12.3 Å². The van der Waals surface area contributed by atoms with Gasteiger partial charge in [0.25, 0.3) is 0 Å². The molecule has 0 amide bonds. The van der Waals surface area contributed by atoms with Crippen LogP contribution in [0.4, 0.5) is 4.39 Å². The minimum atomic E-state index is -0.297. The number of aromatic amines is 1. The smallest absolute Gasteiger partial charge is 0.178 e. The lowest BCUT2D eigenvalue weighted by Gasteiger charge is -2.00. The van der Waals surface area contributed by atoms with Gasteiger partial charge in [-0.1, -0.05) is 0 Å². The van der Waals surface area contributed by atoms with Crippen molar-refractivity contribution in [2.75, 3.05) is 6.54 Å². The largest absolute Gasteiger partial charge is 0.360 e. The van der Waals surface area contributed by atoms with Gasteiger partial charge in [0.15, 0.2) is 5.78 Å². The first-order valence-electron chi connectivity index (χ1n) is 5.77. The van der Waals surface area contributed by atoms with Gasteiger partial charge in [-0.15, -0.1) is 0 Å². The van der Waals surface area contributed by atoms with E-state index in [9.17, 15) is 9.18 Å². The number of carbonyl (C=O) groups is 1.